The average molecular weight is 364 g/mol. The van der Waals surface area contributed by atoms with E-state index >= 15 is 0 Å². The first-order chi connectivity index (χ1) is 12.3. The van der Waals surface area contributed by atoms with E-state index in [0.717, 1.165) is 5.69 Å². The smallest absolute Gasteiger partial charge is 0.326 e. The molecule has 2 unspecified atom stereocenters. The lowest BCUT2D eigenvalue weighted by Crippen LogP contribution is -2.55. The molecule has 1 aromatic rings. The van der Waals surface area contributed by atoms with Gasteiger partial charge >= 0.3 is 12.0 Å². The molecule has 0 bridgehead atoms. The Morgan fingerprint density at radius 3 is 2.27 bits per heavy atom. The molecule has 1 aromatic carbocycles. The third-order valence-electron chi connectivity index (χ3n) is 4.75. The van der Waals surface area contributed by atoms with Crippen LogP contribution >= 0.6 is 0 Å². The molecule has 1 aliphatic rings. The van der Waals surface area contributed by atoms with Gasteiger partial charge in [-0.3, -0.25) is 10.1 Å². The number of nitrogens with one attached hydrogen (secondary N) is 1. The minimum Gasteiger partial charge on any atom is -0.480 e. The van der Waals surface area contributed by atoms with Crippen molar-refractivity contribution >= 4 is 23.4 Å². The number of piperazine rings is 1. The molecule has 1 fully saturated rings. The van der Waals surface area contributed by atoms with Crippen LogP contribution in [0.2, 0.25) is 0 Å². The van der Waals surface area contributed by atoms with Gasteiger partial charge in [0, 0.05) is 44.0 Å². The lowest BCUT2D eigenvalue weighted by molar-refractivity contribution is -0.384. The molecule has 142 valence electrons. The van der Waals surface area contributed by atoms with Crippen molar-refractivity contribution in [1.82, 2.24) is 10.2 Å². The first kappa shape index (κ1) is 19.5. The molecular weight excluding hydrogens is 340 g/mol. The minimum absolute atomic E-state index is 0.0384. The van der Waals surface area contributed by atoms with Crippen LogP contribution in [0.1, 0.15) is 20.3 Å². The molecule has 1 aliphatic heterocycles. The zero-order valence-corrected chi connectivity index (χ0v) is 14.9. The van der Waals surface area contributed by atoms with Crippen LogP contribution < -0.4 is 10.2 Å². The monoisotopic (exact) mass is 364 g/mol. The number of aliphatic carboxylic acids is 1. The van der Waals surface area contributed by atoms with Gasteiger partial charge in [-0.2, -0.15) is 0 Å². The van der Waals surface area contributed by atoms with Crippen LogP contribution in [0.4, 0.5) is 16.2 Å². The van der Waals surface area contributed by atoms with Gasteiger partial charge in [-0.15, -0.1) is 0 Å². The number of hydrogen-bond acceptors (Lipinski definition) is 5. The third-order valence-corrected chi connectivity index (χ3v) is 4.75. The maximum atomic E-state index is 12.4. The van der Waals surface area contributed by atoms with Gasteiger partial charge in [-0.25, -0.2) is 9.59 Å². The van der Waals surface area contributed by atoms with Gasteiger partial charge in [0.15, 0.2) is 0 Å². The Labute approximate surface area is 151 Å². The number of nitro benzene ring substituents is 1. The molecule has 1 heterocycles. The number of anilines is 1. The van der Waals surface area contributed by atoms with Crippen molar-refractivity contribution in [2.45, 2.75) is 26.3 Å². The van der Waals surface area contributed by atoms with Crippen molar-refractivity contribution in [3.05, 3.63) is 34.4 Å². The fourth-order valence-electron chi connectivity index (χ4n) is 2.86. The average Bonchev–Trinajstić information content (AvgIpc) is 2.65. The number of benzene rings is 1. The van der Waals surface area contributed by atoms with E-state index in [2.05, 4.69) is 5.32 Å². The van der Waals surface area contributed by atoms with E-state index in [1.54, 1.807) is 24.0 Å². The van der Waals surface area contributed by atoms with E-state index in [9.17, 15) is 24.8 Å². The van der Waals surface area contributed by atoms with Crippen molar-refractivity contribution in [2.24, 2.45) is 5.92 Å². The molecule has 26 heavy (non-hydrogen) atoms. The van der Waals surface area contributed by atoms with Crippen LogP contribution in [0.5, 0.6) is 0 Å². The number of carbonyl (C=O) groups is 2. The van der Waals surface area contributed by atoms with E-state index in [1.165, 1.54) is 12.1 Å². The number of urea groups is 1. The molecule has 9 heteroatoms. The van der Waals surface area contributed by atoms with Crippen molar-refractivity contribution in [3.63, 3.8) is 0 Å². The second-order valence-corrected chi connectivity index (χ2v) is 6.40. The number of rotatable bonds is 6. The third kappa shape index (κ3) is 4.62. The summed E-state index contributed by atoms with van der Waals surface area (Å²) in [6.45, 7) is 5.74. The zero-order valence-electron chi connectivity index (χ0n) is 14.9. The van der Waals surface area contributed by atoms with Gasteiger partial charge in [0.2, 0.25) is 0 Å². The highest BCUT2D eigenvalue weighted by Gasteiger charge is 2.29. The Balaban J connectivity index is 1.91. The highest BCUT2D eigenvalue weighted by molar-refractivity contribution is 5.83. The Kier molecular flexibility index (Phi) is 6.37. The fourth-order valence-corrected chi connectivity index (χ4v) is 2.86. The molecule has 2 rings (SSSR count). The van der Waals surface area contributed by atoms with Gasteiger partial charge in [0.1, 0.15) is 6.04 Å². The lowest BCUT2D eigenvalue weighted by atomic mass is 9.99. The second-order valence-electron chi connectivity index (χ2n) is 6.40. The fraction of sp³-hybridized carbons (Fsp3) is 0.529. The van der Waals surface area contributed by atoms with Crippen LogP contribution in [0.15, 0.2) is 24.3 Å². The zero-order chi connectivity index (χ0) is 19.3. The first-order valence-corrected chi connectivity index (χ1v) is 8.61. The highest BCUT2D eigenvalue weighted by Crippen LogP contribution is 2.20. The molecule has 0 spiro atoms. The maximum absolute atomic E-state index is 12.4. The van der Waals surface area contributed by atoms with Crippen LogP contribution in [-0.4, -0.2) is 59.2 Å². The van der Waals surface area contributed by atoms with Gasteiger partial charge in [0.05, 0.1) is 4.92 Å². The molecule has 2 N–H and O–H groups in total. The van der Waals surface area contributed by atoms with E-state index in [-0.39, 0.29) is 17.6 Å². The second kappa shape index (κ2) is 8.50. The predicted molar refractivity (Wildman–Crippen MR) is 96.3 cm³/mol. The number of carboxylic acids is 1. The van der Waals surface area contributed by atoms with Gasteiger partial charge < -0.3 is 20.2 Å². The van der Waals surface area contributed by atoms with Crippen LogP contribution in [0, 0.1) is 16.0 Å². The summed E-state index contributed by atoms with van der Waals surface area (Å²) < 4.78 is 0. The number of nitro groups is 1. The molecule has 0 aromatic heterocycles. The molecule has 2 atom stereocenters. The Morgan fingerprint density at radius 1 is 1.23 bits per heavy atom. The highest BCUT2D eigenvalue weighted by atomic mass is 16.6. The quantitative estimate of drug-likeness (QED) is 0.588. The topological polar surface area (TPSA) is 116 Å². The largest absolute Gasteiger partial charge is 0.480 e. The molecule has 1 saturated heterocycles. The molecule has 9 nitrogen and oxygen atoms in total. The summed E-state index contributed by atoms with van der Waals surface area (Å²) in [5.41, 5.74) is 0.898. The SMILES string of the molecule is CCC(C)C(NC(=O)N1CCN(c2ccc([N+](=O)[O-])cc2)CC1)C(=O)O. The first-order valence-electron chi connectivity index (χ1n) is 8.61. The molecule has 2 amide bonds. The lowest BCUT2D eigenvalue weighted by Gasteiger charge is -2.36. The standard InChI is InChI=1S/C17H24N4O5/c1-3-12(2)15(16(22)23)18-17(24)20-10-8-19(9-11-20)13-4-6-14(7-5-13)21(25)26/h4-7,12,15H,3,8-11H2,1-2H3,(H,18,24)(H,22,23). The van der Waals surface area contributed by atoms with E-state index in [0.29, 0.717) is 32.6 Å². The minimum atomic E-state index is -1.03. The number of carboxylic acid groups (broad SMARTS) is 1. The molecule has 0 saturated carbocycles. The van der Waals surface area contributed by atoms with E-state index in [4.69, 9.17) is 0 Å². The Bertz CT molecular complexity index is 656. The molecule has 0 radical (unpaired) electrons. The summed E-state index contributed by atoms with van der Waals surface area (Å²) in [6, 6.07) is 5.02. The molecule has 0 aliphatic carbocycles. The maximum Gasteiger partial charge on any atom is 0.326 e. The van der Waals surface area contributed by atoms with Crippen molar-refractivity contribution in [2.75, 3.05) is 31.1 Å². The number of carbonyl (C=O) groups excluding carboxylic acids is 1. The van der Waals surface area contributed by atoms with Crippen LogP contribution in [-0.2, 0) is 4.79 Å². The van der Waals surface area contributed by atoms with E-state index in [1.807, 2.05) is 11.8 Å². The Hall–Kier alpha value is -2.84. The van der Waals surface area contributed by atoms with Gasteiger partial charge in [0.25, 0.3) is 5.69 Å². The normalized spacial score (nSPS) is 16.7. The van der Waals surface area contributed by atoms with Gasteiger partial charge in [-0.1, -0.05) is 20.3 Å². The predicted octanol–water partition coefficient (Wildman–Crippen LogP) is 1.93. The summed E-state index contributed by atoms with van der Waals surface area (Å²) in [4.78, 5) is 37.6. The number of hydrogen-bond donors (Lipinski definition) is 2. The van der Waals surface area contributed by atoms with Crippen molar-refractivity contribution in [3.8, 4) is 0 Å². The van der Waals surface area contributed by atoms with E-state index < -0.39 is 16.9 Å². The summed E-state index contributed by atoms with van der Waals surface area (Å²) >= 11 is 0. The number of non-ortho nitro benzene ring substituents is 1. The number of amides is 2. The summed E-state index contributed by atoms with van der Waals surface area (Å²) in [7, 11) is 0. The summed E-state index contributed by atoms with van der Waals surface area (Å²) in [5.74, 6) is -1.19. The van der Waals surface area contributed by atoms with Crippen LogP contribution in [0.25, 0.3) is 0 Å². The number of nitrogens with zero attached hydrogens (tertiary/aromatic N) is 3. The Morgan fingerprint density at radius 2 is 1.81 bits per heavy atom. The van der Waals surface area contributed by atoms with Crippen LogP contribution in [0.3, 0.4) is 0 Å². The summed E-state index contributed by atoms with van der Waals surface area (Å²) in [5, 5.41) is 22.6. The van der Waals surface area contributed by atoms with Gasteiger partial charge in [-0.05, 0) is 18.1 Å². The van der Waals surface area contributed by atoms with Crippen molar-refractivity contribution < 1.29 is 19.6 Å². The molecular formula is C17H24N4O5. The summed E-state index contributed by atoms with van der Waals surface area (Å²) in [6.07, 6.45) is 0.658. The van der Waals surface area contributed by atoms with Crippen molar-refractivity contribution in [1.29, 1.82) is 0 Å².